The van der Waals surface area contributed by atoms with Crippen molar-refractivity contribution >= 4 is 17.9 Å². The molecule has 3 nitrogen and oxygen atoms in total. The number of nitrogens with zero attached hydrogens (tertiary/aromatic N) is 1. The third kappa shape index (κ3) is 3.65. The molecule has 0 N–H and O–H groups in total. The van der Waals surface area contributed by atoms with Crippen LogP contribution >= 0.6 is 0 Å². The summed E-state index contributed by atoms with van der Waals surface area (Å²) in [5.74, 6) is 0.394. The molecular weight excluding hydrogens is 346 g/mol. The van der Waals surface area contributed by atoms with E-state index in [1.807, 2.05) is 49.4 Å². The van der Waals surface area contributed by atoms with Gasteiger partial charge in [-0.05, 0) is 31.1 Å². The third-order valence-corrected chi connectivity index (χ3v) is 4.57. The van der Waals surface area contributed by atoms with Crippen molar-refractivity contribution in [2.75, 3.05) is 7.11 Å². The molecule has 140 valence electrons. The van der Waals surface area contributed by atoms with Crippen LogP contribution in [0.25, 0.3) is 34.5 Å². The smallest absolute Gasteiger partial charge is 0.164 e. The first kappa shape index (κ1) is 19.3. The predicted octanol–water partition coefficient (Wildman–Crippen LogP) is 6.30. The van der Waals surface area contributed by atoms with Crippen LogP contribution in [0.3, 0.4) is 0 Å². The lowest BCUT2D eigenvalue weighted by atomic mass is 9.96. The van der Waals surface area contributed by atoms with Crippen LogP contribution in [0.2, 0.25) is 0 Å². The highest BCUT2D eigenvalue weighted by Crippen LogP contribution is 2.37. The van der Waals surface area contributed by atoms with E-state index in [4.69, 9.17) is 9.72 Å². The van der Waals surface area contributed by atoms with E-state index in [0.29, 0.717) is 28.3 Å². The van der Waals surface area contributed by atoms with Crippen molar-refractivity contribution in [1.29, 1.82) is 0 Å². The summed E-state index contributed by atoms with van der Waals surface area (Å²) in [4.78, 5) is 17.2. The minimum atomic E-state index is -0.0814. The number of hydrogen-bond acceptors (Lipinski definition) is 3. The average molecular weight is 369 g/mol. The quantitative estimate of drug-likeness (QED) is 0.478. The Labute approximate surface area is 166 Å². The Bertz CT molecular complexity index is 1030. The molecule has 0 fully saturated rings. The Kier molecular flexibility index (Phi) is 5.85. The molecule has 0 saturated carbocycles. The zero-order chi connectivity index (χ0) is 20.1. The van der Waals surface area contributed by atoms with E-state index in [9.17, 15) is 4.79 Å². The second-order valence-corrected chi connectivity index (χ2v) is 6.37. The van der Waals surface area contributed by atoms with E-state index >= 15 is 0 Å². The van der Waals surface area contributed by atoms with Gasteiger partial charge in [-0.15, -0.1) is 0 Å². The molecule has 1 heterocycles. The van der Waals surface area contributed by atoms with Crippen molar-refractivity contribution in [2.45, 2.75) is 13.8 Å². The molecule has 0 aliphatic carbocycles. The number of ketones is 1. The number of benzene rings is 2. The molecule has 0 amide bonds. The summed E-state index contributed by atoms with van der Waals surface area (Å²) in [6.07, 6.45) is 5.43. The topological polar surface area (TPSA) is 39.2 Å². The van der Waals surface area contributed by atoms with E-state index in [-0.39, 0.29) is 5.78 Å². The van der Waals surface area contributed by atoms with Crippen LogP contribution in [-0.4, -0.2) is 17.9 Å². The highest BCUT2D eigenvalue weighted by atomic mass is 16.5. The Morgan fingerprint density at radius 1 is 1.00 bits per heavy atom. The number of methoxy groups -OCH3 is 1. The van der Waals surface area contributed by atoms with Gasteiger partial charge in [-0.25, -0.2) is 4.98 Å². The lowest BCUT2D eigenvalue weighted by Gasteiger charge is -2.16. The molecule has 1 aromatic heterocycles. The number of rotatable bonds is 6. The molecule has 3 rings (SSSR count). The van der Waals surface area contributed by atoms with E-state index in [1.54, 1.807) is 13.2 Å². The van der Waals surface area contributed by atoms with E-state index < -0.39 is 0 Å². The fraction of sp³-hybridized carbons (Fsp3) is 0.120. The number of aromatic nitrogens is 1. The van der Waals surface area contributed by atoms with Crippen molar-refractivity contribution in [3.63, 3.8) is 0 Å². The minimum Gasteiger partial charge on any atom is -0.494 e. The highest BCUT2D eigenvalue weighted by Gasteiger charge is 2.22. The SMILES string of the molecule is C=Cc1c(/C=C\C)nc(-c2ccc(-c3ccccc3)cc2)c(OC)c1C(C)=O. The van der Waals surface area contributed by atoms with Crippen LogP contribution in [0.15, 0.2) is 67.3 Å². The van der Waals surface area contributed by atoms with E-state index in [1.165, 1.54) is 6.92 Å². The monoisotopic (exact) mass is 369 g/mol. The van der Waals surface area contributed by atoms with Gasteiger partial charge in [0.05, 0.1) is 18.4 Å². The third-order valence-electron chi connectivity index (χ3n) is 4.57. The van der Waals surface area contributed by atoms with Gasteiger partial charge in [-0.1, -0.05) is 73.3 Å². The molecule has 0 bridgehead atoms. The Hall–Kier alpha value is -3.46. The molecule has 0 radical (unpaired) electrons. The number of hydrogen-bond donors (Lipinski definition) is 0. The Morgan fingerprint density at radius 2 is 1.61 bits per heavy atom. The van der Waals surface area contributed by atoms with Crippen LogP contribution in [0.4, 0.5) is 0 Å². The molecule has 28 heavy (non-hydrogen) atoms. The summed E-state index contributed by atoms with van der Waals surface area (Å²) in [5.41, 5.74) is 5.69. The Morgan fingerprint density at radius 3 is 2.14 bits per heavy atom. The first-order valence-electron chi connectivity index (χ1n) is 9.14. The molecule has 0 atom stereocenters. The lowest BCUT2D eigenvalue weighted by molar-refractivity contribution is 0.101. The van der Waals surface area contributed by atoms with Gasteiger partial charge in [0.1, 0.15) is 5.69 Å². The van der Waals surface area contributed by atoms with E-state index in [0.717, 1.165) is 16.7 Å². The summed E-state index contributed by atoms with van der Waals surface area (Å²) >= 11 is 0. The molecule has 0 aliphatic heterocycles. The maximum atomic E-state index is 12.4. The van der Waals surface area contributed by atoms with Crippen LogP contribution in [0, 0.1) is 0 Å². The molecule has 0 spiro atoms. The number of carbonyl (C=O) groups is 1. The summed E-state index contributed by atoms with van der Waals surface area (Å²) in [6, 6.07) is 18.3. The fourth-order valence-corrected chi connectivity index (χ4v) is 3.29. The first-order valence-corrected chi connectivity index (χ1v) is 9.14. The van der Waals surface area contributed by atoms with Gasteiger partial charge in [0.15, 0.2) is 11.5 Å². The zero-order valence-electron chi connectivity index (χ0n) is 16.4. The molecule has 3 aromatic rings. The van der Waals surface area contributed by atoms with Gasteiger partial charge in [0.2, 0.25) is 0 Å². The van der Waals surface area contributed by atoms with Gasteiger partial charge < -0.3 is 4.74 Å². The first-order chi connectivity index (χ1) is 13.6. The van der Waals surface area contributed by atoms with Crippen LogP contribution in [0.5, 0.6) is 5.75 Å². The standard InChI is InChI=1S/C25H23NO2/c1-5-10-22-21(6-2)23(17(3)27)25(28-4)24(26-22)20-15-13-19(14-16-20)18-11-8-7-9-12-18/h5-16H,2H2,1,3-4H3/b10-5-. The van der Waals surface area contributed by atoms with Gasteiger partial charge in [-0.2, -0.15) is 0 Å². The largest absolute Gasteiger partial charge is 0.494 e. The fourth-order valence-electron chi connectivity index (χ4n) is 3.29. The number of allylic oxidation sites excluding steroid dienone is 1. The molecule has 0 unspecified atom stereocenters. The average Bonchev–Trinajstić information content (AvgIpc) is 2.73. The van der Waals surface area contributed by atoms with Crippen molar-refractivity contribution in [2.24, 2.45) is 0 Å². The molecule has 3 heteroatoms. The molecule has 2 aromatic carbocycles. The number of ether oxygens (including phenoxy) is 1. The van der Waals surface area contributed by atoms with Crippen molar-refractivity contribution in [1.82, 2.24) is 4.98 Å². The summed E-state index contributed by atoms with van der Waals surface area (Å²) < 4.78 is 5.63. The van der Waals surface area contributed by atoms with Crippen molar-refractivity contribution in [3.05, 3.63) is 84.1 Å². The van der Waals surface area contributed by atoms with Gasteiger partial charge in [-0.3, -0.25) is 4.79 Å². The zero-order valence-corrected chi connectivity index (χ0v) is 16.4. The summed E-state index contributed by atoms with van der Waals surface area (Å²) in [7, 11) is 1.56. The number of carbonyl (C=O) groups excluding carboxylic acids is 1. The van der Waals surface area contributed by atoms with Crippen molar-refractivity contribution < 1.29 is 9.53 Å². The van der Waals surface area contributed by atoms with E-state index in [2.05, 4.69) is 30.8 Å². The van der Waals surface area contributed by atoms with Crippen LogP contribution in [-0.2, 0) is 0 Å². The second kappa shape index (κ2) is 8.49. The normalized spacial score (nSPS) is 10.8. The van der Waals surface area contributed by atoms with Gasteiger partial charge in [0, 0.05) is 11.1 Å². The van der Waals surface area contributed by atoms with Crippen molar-refractivity contribution in [3.8, 4) is 28.1 Å². The summed E-state index contributed by atoms with van der Waals surface area (Å²) in [5, 5.41) is 0. The van der Waals surface area contributed by atoms with Gasteiger partial charge in [0.25, 0.3) is 0 Å². The predicted molar refractivity (Wildman–Crippen MR) is 116 cm³/mol. The number of Topliss-reactive ketones (excluding diaryl/α,β-unsaturated/α-hetero) is 1. The maximum Gasteiger partial charge on any atom is 0.164 e. The van der Waals surface area contributed by atoms with Crippen LogP contribution < -0.4 is 4.74 Å². The molecular formula is C25H23NO2. The van der Waals surface area contributed by atoms with Crippen LogP contribution in [0.1, 0.15) is 35.5 Å². The lowest BCUT2D eigenvalue weighted by Crippen LogP contribution is -2.07. The van der Waals surface area contributed by atoms with Gasteiger partial charge >= 0.3 is 0 Å². The molecule has 0 aliphatic rings. The second-order valence-electron chi connectivity index (χ2n) is 6.37. The molecule has 0 saturated heterocycles. The summed E-state index contributed by atoms with van der Waals surface area (Å²) in [6.45, 7) is 7.31. The highest BCUT2D eigenvalue weighted by molar-refractivity contribution is 6.03. The maximum absolute atomic E-state index is 12.4. The minimum absolute atomic E-state index is 0.0814. The number of pyridine rings is 1. The Balaban J connectivity index is 2.20.